The van der Waals surface area contributed by atoms with Crippen LogP contribution in [0.25, 0.3) is 0 Å². The van der Waals surface area contributed by atoms with Gasteiger partial charge in [0.05, 0.1) is 0 Å². The number of nitrogens with zero attached hydrogens (tertiary/aromatic N) is 2. The van der Waals surface area contributed by atoms with Crippen LogP contribution in [0.15, 0.2) is 0 Å². The van der Waals surface area contributed by atoms with Crippen LogP contribution in [0.1, 0.15) is 0 Å². The molecule has 14 heavy (non-hydrogen) atoms. The predicted molar refractivity (Wildman–Crippen MR) is 81.2 cm³/mol. The SMILES string of the molecule is CN1C(Br)(C(Cl)(Cl)Cl)N(C)P1(Br)(Br)Br. The average molecular weight is 539 g/mol. The van der Waals surface area contributed by atoms with Gasteiger partial charge in [-0.05, 0) is 0 Å². The Kier molecular flexibility index (Phi) is 4.14. The van der Waals surface area contributed by atoms with E-state index in [1.165, 1.54) is 0 Å². The van der Waals surface area contributed by atoms with Gasteiger partial charge in [0.2, 0.25) is 0 Å². The van der Waals surface area contributed by atoms with Crippen molar-refractivity contribution >= 4 is 100 Å². The molecule has 0 aromatic heterocycles. The van der Waals surface area contributed by atoms with E-state index >= 15 is 0 Å². The minimum atomic E-state index is -2.57. The van der Waals surface area contributed by atoms with Crippen LogP contribution in [0.2, 0.25) is 0 Å². The van der Waals surface area contributed by atoms with Crippen LogP contribution >= 0.6 is 100 Å². The Hall–Kier alpha value is 3.14. The molecule has 0 atom stereocenters. The van der Waals surface area contributed by atoms with Crippen LogP contribution in [0.3, 0.4) is 0 Å². The third-order valence-electron chi connectivity index (χ3n) is 2.17. The minimum absolute atomic E-state index is 0.834. The van der Waals surface area contributed by atoms with E-state index in [4.69, 9.17) is 34.8 Å². The molecule has 1 saturated heterocycles. The van der Waals surface area contributed by atoms with Crippen molar-refractivity contribution < 1.29 is 0 Å². The summed E-state index contributed by atoms with van der Waals surface area (Å²) >= 11 is 31.9. The fraction of sp³-hybridized carbons (Fsp3) is 1.00. The Balaban J connectivity index is 3.14. The summed E-state index contributed by atoms with van der Waals surface area (Å²) in [5.74, 6) is 0. The van der Waals surface area contributed by atoms with E-state index in [1.54, 1.807) is 0 Å². The summed E-state index contributed by atoms with van der Waals surface area (Å²) < 4.78 is -1.10. The van der Waals surface area contributed by atoms with Gasteiger partial charge >= 0.3 is 132 Å². The number of alkyl halides is 4. The second kappa shape index (κ2) is 3.82. The van der Waals surface area contributed by atoms with Crippen LogP contribution in [-0.4, -0.2) is 31.8 Å². The van der Waals surface area contributed by atoms with Gasteiger partial charge in [0.25, 0.3) is 0 Å². The monoisotopic (exact) mass is 534 g/mol. The molecule has 10 heteroatoms. The molecule has 0 aliphatic carbocycles. The molecule has 0 amide bonds. The van der Waals surface area contributed by atoms with Crippen molar-refractivity contribution in [3.05, 3.63) is 0 Å². The summed E-state index contributed by atoms with van der Waals surface area (Å²) in [4.78, 5) is 0. The first-order valence-electron chi connectivity index (χ1n) is 3.25. The first-order valence-corrected chi connectivity index (χ1v) is 13.4. The van der Waals surface area contributed by atoms with Crippen molar-refractivity contribution in [3.63, 3.8) is 0 Å². The van der Waals surface area contributed by atoms with E-state index in [-0.39, 0.29) is 0 Å². The molecule has 1 heterocycles. The van der Waals surface area contributed by atoms with E-state index in [0.717, 1.165) is 0 Å². The topological polar surface area (TPSA) is 6.48 Å². The molecule has 0 radical (unpaired) electrons. The van der Waals surface area contributed by atoms with Gasteiger partial charge in [-0.3, -0.25) is 0 Å². The summed E-state index contributed by atoms with van der Waals surface area (Å²) in [6.45, 7) is 0. The Morgan fingerprint density at radius 1 is 1.07 bits per heavy atom. The van der Waals surface area contributed by atoms with Gasteiger partial charge in [0.1, 0.15) is 0 Å². The summed E-state index contributed by atoms with van der Waals surface area (Å²) in [5.41, 5.74) is 0. The molecule has 1 fully saturated rings. The number of hydrogen-bond acceptors (Lipinski definition) is 2. The molecule has 0 aromatic carbocycles. The van der Waals surface area contributed by atoms with Crippen molar-refractivity contribution in [2.75, 3.05) is 14.1 Å². The molecule has 0 saturated carbocycles. The third kappa shape index (κ3) is 1.88. The van der Waals surface area contributed by atoms with Crippen molar-refractivity contribution in [2.24, 2.45) is 0 Å². The van der Waals surface area contributed by atoms with Gasteiger partial charge < -0.3 is 0 Å². The fourth-order valence-electron chi connectivity index (χ4n) is 1.16. The molecule has 0 spiro atoms. The molecule has 1 rings (SSSR count). The average Bonchev–Trinajstić information content (AvgIpc) is 1.97. The Morgan fingerprint density at radius 2 is 1.36 bits per heavy atom. The molecule has 1 aliphatic rings. The molecule has 0 N–H and O–H groups in total. The van der Waals surface area contributed by atoms with Crippen molar-refractivity contribution in [1.29, 1.82) is 0 Å². The molecular formula is C4H6Br4Cl3N2P. The molecule has 0 unspecified atom stereocenters. The van der Waals surface area contributed by atoms with Gasteiger partial charge in [-0.15, -0.1) is 0 Å². The maximum absolute atomic E-state index is 5.91. The van der Waals surface area contributed by atoms with Crippen LogP contribution in [0.5, 0.6) is 0 Å². The molecule has 0 aromatic rings. The van der Waals surface area contributed by atoms with Crippen LogP contribution < -0.4 is 0 Å². The normalized spacial score (nSPS) is 41.1. The quantitative estimate of drug-likeness (QED) is 0.225. The van der Waals surface area contributed by atoms with Gasteiger partial charge in [0, 0.05) is 0 Å². The van der Waals surface area contributed by atoms with E-state index in [0.29, 0.717) is 0 Å². The summed E-state index contributed by atoms with van der Waals surface area (Å²) in [5, 5.41) is 0. The summed E-state index contributed by atoms with van der Waals surface area (Å²) in [6.07, 6.45) is 0. The predicted octanol–water partition coefficient (Wildman–Crippen LogP) is 5.60. The molecular weight excluding hydrogens is 533 g/mol. The standard InChI is InChI=1S/C4H6Br4Cl3N2P/c1-12-3(5,4(9,10)11)13(2)14(12,6,7)8/h1-2H3. The van der Waals surface area contributed by atoms with Gasteiger partial charge in [-0.25, -0.2) is 0 Å². The van der Waals surface area contributed by atoms with Crippen LogP contribution in [-0.2, 0) is 0 Å². The second-order valence-electron chi connectivity index (χ2n) is 2.87. The first-order chi connectivity index (χ1) is 5.84. The van der Waals surface area contributed by atoms with Crippen molar-refractivity contribution in [1.82, 2.24) is 9.34 Å². The van der Waals surface area contributed by atoms with Gasteiger partial charge in [0.15, 0.2) is 0 Å². The molecule has 0 bridgehead atoms. The first kappa shape index (κ1) is 15.2. The van der Waals surface area contributed by atoms with E-state index in [9.17, 15) is 0 Å². The summed E-state index contributed by atoms with van der Waals surface area (Å²) in [6, 6.07) is 0. The fourth-order valence-corrected chi connectivity index (χ4v) is 13.8. The van der Waals surface area contributed by atoms with Gasteiger partial charge in [-0.2, -0.15) is 0 Å². The molecule has 2 nitrogen and oxygen atoms in total. The van der Waals surface area contributed by atoms with Crippen molar-refractivity contribution in [2.45, 2.75) is 8.36 Å². The molecule has 86 valence electrons. The number of hydrogen-bond donors (Lipinski definition) is 0. The van der Waals surface area contributed by atoms with Crippen LogP contribution in [0, 0.1) is 0 Å². The van der Waals surface area contributed by atoms with E-state index in [2.05, 4.69) is 62.4 Å². The van der Waals surface area contributed by atoms with E-state index < -0.39 is 11.4 Å². The van der Waals surface area contributed by atoms with E-state index in [1.807, 2.05) is 23.4 Å². The Bertz CT molecular complexity index is 260. The zero-order valence-electron chi connectivity index (χ0n) is 6.99. The van der Waals surface area contributed by atoms with Gasteiger partial charge in [-0.1, -0.05) is 0 Å². The van der Waals surface area contributed by atoms with Crippen LogP contribution in [0.4, 0.5) is 0 Å². The number of rotatable bonds is 0. The zero-order chi connectivity index (χ0) is 11.6. The second-order valence-corrected chi connectivity index (χ2v) is 29.6. The Morgan fingerprint density at radius 3 is 1.50 bits per heavy atom. The third-order valence-corrected chi connectivity index (χ3v) is 16.9. The van der Waals surface area contributed by atoms with Crippen molar-refractivity contribution in [3.8, 4) is 0 Å². The maximum atomic E-state index is 5.91. The number of halogens is 7. The Labute approximate surface area is 130 Å². The molecule has 1 aliphatic heterocycles. The zero-order valence-corrected chi connectivity index (χ0v) is 16.5. The summed E-state index contributed by atoms with van der Waals surface area (Å²) in [7, 11) is 3.68.